The molecule has 0 spiro atoms. The first-order valence-electron chi connectivity index (χ1n) is 6.80. The molecule has 0 aliphatic carbocycles. The maximum Gasteiger partial charge on any atom is 0.176 e. The van der Waals surface area contributed by atoms with Crippen LogP contribution in [-0.4, -0.2) is 36.9 Å². The Kier molecular flexibility index (Phi) is 6.89. The smallest absolute Gasteiger partial charge is 0.176 e. The van der Waals surface area contributed by atoms with Gasteiger partial charge in [-0.15, -0.1) is 0 Å². The summed E-state index contributed by atoms with van der Waals surface area (Å²) in [7, 11) is 0. The number of benzene rings is 1. The second kappa shape index (κ2) is 8.18. The van der Waals surface area contributed by atoms with Crippen LogP contribution in [0.2, 0.25) is 5.02 Å². The van der Waals surface area contributed by atoms with Gasteiger partial charge in [0.1, 0.15) is 5.75 Å². The van der Waals surface area contributed by atoms with E-state index in [0.717, 1.165) is 19.5 Å². The second-order valence-corrected chi connectivity index (χ2v) is 4.79. The zero-order chi connectivity index (χ0) is 14.3. The topological polar surface area (TPSA) is 29.5 Å². The summed E-state index contributed by atoms with van der Waals surface area (Å²) in [5.74, 6) is 0.732. The highest BCUT2D eigenvalue weighted by atomic mass is 35.5. The first kappa shape index (κ1) is 16.0. The normalized spacial score (nSPS) is 10.8. The quantitative estimate of drug-likeness (QED) is 0.682. The van der Waals surface area contributed by atoms with Crippen molar-refractivity contribution in [3.05, 3.63) is 28.8 Å². The molecule has 0 N–H and O–H groups in total. The Bertz CT molecular complexity index is 417. The maximum absolute atomic E-state index is 12.1. The zero-order valence-corrected chi connectivity index (χ0v) is 12.7. The molecule has 0 heterocycles. The molecule has 1 rings (SSSR count). The fraction of sp³-hybridized carbons (Fsp3) is 0.533. The Morgan fingerprint density at radius 2 is 1.95 bits per heavy atom. The van der Waals surface area contributed by atoms with Crippen LogP contribution < -0.4 is 4.74 Å². The number of carbonyl (C=O) groups is 1. The van der Waals surface area contributed by atoms with Crippen molar-refractivity contribution in [2.45, 2.75) is 27.2 Å². The van der Waals surface area contributed by atoms with Crippen molar-refractivity contribution in [2.75, 3.05) is 26.2 Å². The fourth-order valence-corrected chi connectivity index (χ4v) is 1.98. The van der Waals surface area contributed by atoms with Gasteiger partial charge in [0.15, 0.2) is 5.78 Å². The highest BCUT2D eigenvalue weighted by Crippen LogP contribution is 2.25. The summed E-state index contributed by atoms with van der Waals surface area (Å²) in [5, 5.41) is 0.499. The number of ether oxygens (including phenoxy) is 1. The minimum Gasteiger partial charge on any atom is -0.492 e. The monoisotopic (exact) mass is 283 g/mol. The molecule has 0 radical (unpaired) electrons. The highest BCUT2D eigenvalue weighted by Gasteiger charge is 2.12. The van der Waals surface area contributed by atoms with E-state index in [1.807, 2.05) is 20.8 Å². The van der Waals surface area contributed by atoms with Crippen molar-refractivity contribution >= 4 is 17.4 Å². The van der Waals surface area contributed by atoms with Crippen LogP contribution in [0.1, 0.15) is 37.6 Å². The molecule has 0 aromatic heterocycles. The molecule has 0 fully saturated rings. The molecule has 0 saturated carbocycles. The van der Waals surface area contributed by atoms with Gasteiger partial charge in [0.05, 0.1) is 18.2 Å². The lowest BCUT2D eigenvalue weighted by Crippen LogP contribution is -2.29. The molecule has 0 aliphatic rings. The van der Waals surface area contributed by atoms with Crippen molar-refractivity contribution in [3.8, 4) is 5.75 Å². The fourth-order valence-electron chi connectivity index (χ4n) is 1.74. The first-order chi connectivity index (χ1) is 9.12. The van der Waals surface area contributed by atoms with Gasteiger partial charge in [-0.05, 0) is 37.7 Å². The lowest BCUT2D eigenvalue weighted by atomic mass is 10.1. The van der Waals surface area contributed by atoms with E-state index in [9.17, 15) is 4.79 Å². The van der Waals surface area contributed by atoms with Gasteiger partial charge in [0.25, 0.3) is 0 Å². The Morgan fingerprint density at radius 3 is 2.47 bits per heavy atom. The van der Waals surface area contributed by atoms with Crippen molar-refractivity contribution in [1.29, 1.82) is 0 Å². The lowest BCUT2D eigenvalue weighted by Gasteiger charge is -2.17. The number of rotatable bonds is 8. The van der Waals surface area contributed by atoms with Crippen LogP contribution in [0.15, 0.2) is 18.2 Å². The summed E-state index contributed by atoms with van der Waals surface area (Å²) >= 11 is 6.12. The van der Waals surface area contributed by atoms with Crippen LogP contribution in [0.5, 0.6) is 5.75 Å². The minimum atomic E-state index is 0.0904. The van der Waals surface area contributed by atoms with Gasteiger partial charge in [0.2, 0.25) is 0 Å². The average molecular weight is 284 g/mol. The summed E-state index contributed by atoms with van der Waals surface area (Å²) in [6.07, 6.45) is 0.930. The standard InChI is InChI=1S/C15H22ClNO2/c1-4-9-19-15-8-7-12(10-13(15)16)14(18)11-17(5-2)6-3/h7-8,10H,4-6,9,11H2,1-3H3. The number of halogens is 1. The number of likely N-dealkylation sites (N-methyl/N-ethyl adjacent to an activating group) is 1. The molecular weight excluding hydrogens is 262 g/mol. The number of Topliss-reactive ketones (excluding diaryl/α,β-unsaturated/α-hetero) is 1. The molecule has 106 valence electrons. The van der Waals surface area contributed by atoms with E-state index in [4.69, 9.17) is 16.3 Å². The highest BCUT2D eigenvalue weighted by molar-refractivity contribution is 6.32. The Labute approximate surface area is 120 Å². The summed E-state index contributed by atoms with van der Waals surface area (Å²) < 4.78 is 5.49. The second-order valence-electron chi connectivity index (χ2n) is 4.38. The van der Waals surface area contributed by atoms with E-state index < -0.39 is 0 Å². The van der Waals surface area contributed by atoms with Gasteiger partial charge in [-0.25, -0.2) is 0 Å². The lowest BCUT2D eigenvalue weighted by molar-refractivity contribution is 0.0937. The zero-order valence-electron chi connectivity index (χ0n) is 11.9. The van der Waals surface area contributed by atoms with Crippen LogP contribution in [0, 0.1) is 0 Å². The van der Waals surface area contributed by atoms with E-state index in [1.54, 1.807) is 18.2 Å². The molecule has 0 atom stereocenters. The molecule has 1 aromatic rings. The van der Waals surface area contributed by atoms with Gasteiger partial charge < -0.3 is 4.74 Å². The largest absolute Gasteiger partial charge is 0.492 e. The van der Waals surface area contributed by atoms with Gasteiger partial charge in [0, 0.05) is 5.56 Å². The summed E-state index contributed by atoms with van der Waals surface area (Å²) in [6, 6.07) is 5.24. The van der Waals surface area contributed by atoms with Crippen LogP contribution in [0.4, 0.5) is 0 Å². The third-order valence-electron chi connectivity index (χ3n) is 2.98. The Morgan fingerprint density at radius 1 is 1.26 bits per heavy atom. The number of hydrogen-bond donors (Lipinski definition) is 0. The first-order valence-corrected chi connectivity index (χ1v) is 7.18. The van der Waals surface area contributed by atoms with Crippen LogP contribution >= 0.6 is 11.6 Å². The summed E-state index contributed by atoms with van der Waals surface area (Å²) in [5.41, 5.74) is 0.640. The summed E-state index contributed by atoms with van der Waals surface area (Å²) in [6.45, 7) is 8.93. The van der Waals surface area contributed by atoms with Crippen LogP contribution in [0.25, 0.3) is 0 Å². The van der Waals surface area contributed by atoms with Crippen molar-refractivity contribution in [3.63, 3.8) is 0 Å². The van der Waals surface area contributed by atoms with E-state index in [1.165, 1.54) is 0 Å². The van der Waals surface area contributed by atoms with E-state index in [2.05, 4.69) is 4.90 Å². The Hall–Kier alpha value is -1.06. The van der Waals surface area contributed by atoms with E-state index in [0.29, 0.717) is 29.5 Å². The number of hydrogen-bond acceptors (Lipinski definition) is 3. The average Bonchev–Trinajstić information content (AvgIpc) is 2.43. The van der Waals surface area contributed by atoms with E-state index >= 15 is 0 Å². The van der Waals surface area contributed by atoms with Crippen LogP contribution in [-0.2, 0) is 0 Å². The summed E-state index contributed by atoms with van der Waals surface area (Å²) in [4.78, 5) is 14.2. The SMILES string of the molecule is CCCOc1ccc(C(=O)CN(CC)CC)cc1Cl. The minimum absolute atomic E-state index is 0.0904. The molecule has 0 amide bonds. The number of nitrogens with zero attached hydrogens (tertiary/aromatic N) is 1. The van der Waals surface area contributed by atoms with Gasteiger partial charge in [-0.2, -0.15) is 0 Å². The van der Waals surface area contributed by atoms with Gasteiger partial charge >= 0.3 is 0 Å². The molecule has 1 aromatic carbocycles. The van der Waals surface area contributed by atoms with Gasteiger partial charge in [-0.3, -0.25) is 9.69 Å². The number of carbonyl (C=O) groups excluding carboxylic acids is 1. The molecule has 0 unspecified atom stereocenters. The van der Waals surface area contributed by atoms with Crippen molar-refractivity contribution < 1.29 is 9.53 Å². The predicted molar refractivity (Wildman–Crippen MR) is 79.4 cm³/mol. The van der Waals surface area contributed by atoms with Gasteiger partial charge in [-0.1, -0.05) is 32.4 Å². The molecule has 19 heavy (non-hydrogen) atoms. The molecule has 0 aliphatic heterocycles. The van der Waals surface area contributed by atoms with E-state index in [-0.39, 0.29) is 5.78 Å². The third-order valence-corrected chi connectivity index (χ3v) is 3.27. The molecule has 0 saturated heterocycles. The predicted octanol–water partition coefficient (Wildman–Crippen LogP) is 3.65. The number of ketones is 1. The molecule has 3 nitrogen and oxygen atoms in total. The van der Waals surface area contributed by atoms with Crippen molar-refractivity contribution in [2.24, 2.45) is 0 Å². The molecule has 4 heteroatoms. The third kappa shape index (κ3) is 4.84. The van der Waals surface area contributed by atoms with Crippen molar-refractivity contribution in [1.82, 2.24) is 4.90 Å². The molecular formula is C15H22ClNO2. The molecule has 0 bridgehead atoms. The van der Waals surface area contributed by atoms with Crippen LogP contribution in [0.3, 0.4) is 0 Å². The Balaban J connectivity index is 2.74. The maximum atomic E-state index is 12.1.